The average molecular weight is 472 g/mol. The van der Waals surface area contributed by atoms with E-state index < -0.39 is 0 Å². The Labute approximate surface area is 212 Å². The van der Waals surface area contributed by atoms with Gasteiger partial charge < -0.3 is 14.7 Å². The molecule has 0 aromatic heterocycles. The molecule has 0 radical (unpaired) electrons. The molecule has 1 aromatic rings. The quantitative estimate of drug-likeness (QED) is 0.313. The van der Waals surface area contributed by atoms with Crippen molar-refractivity contribution in [3.8, 4) is 5.75 Å². The van der Waals surface area contributed by atoms with Crippen LogP contribution in [-0.4, -0.2) is 35.7 Å². The second-order valence-electron chi connectivity index (χ2n) is 8.33. The third-order valence-electron chi connectivity index (χ3n) is 5.73. The maximum Gasteiger partial charge on any atom is 1.00 e. The van der Waals surface area contributed by atoms with Crippen LogP contribution in [0.3, 0.4) is 0 Å². The number of ether oxygens (including phenoxy) is 1. The maximum atomic E-state index is 12.9. The number of ketones is 1. The summed E-state index contributed by atoms with van der Waals surface area (Å²) in [5.74, 6) is 3.45. The molecule has 1 fully saturated rings. The van der Waals surface area contributed by atoms with Gasteiger partial charge in [-0.25, -0.2) is 0 Å². The Bertz CT molecular complexity index is 809. The molecule has 1 aliphatic heterocycles. The molecule has 3 atom stereocenters. The summed E-state index contributed by atoms with van der Waals surface area (Å²) in [5.41, 5.74) is 0.737. The first-order valence-corrected chi connectivity index (χ1v) is 12.6. The molecule has 1 aliphatic carbocycles. The van der Waals surface area contributed by atoms with Gasteiger partial charge in [-0.1, -0.05) is 30.1 Å². The van der Waals surface area contributed by atoms with E-state index in [2.05, 4.69) is 5.16 Å². The van der Waals surface area contributed by atoms with Gasteiger partial charge in [0, 0.05) is 17.0 Å². The van der Waals surface area contributed by atoms with Crippen LogP contribution >= 0.6 is 23.4 Å². The number of halogens is 1. The van der Waals surface area contributed by atoms with E-state index in [4.69, 9.17) is 21.2 Å². The number of rotatable bonds is 9. The summed E-state index contributed by atoms with van der Waals surface area (Å²) in [7, 11) is 0. The first-order chi connectivity index (χ1) is 15.0. The van der Waals surface area contributed by atoms with Crippen LogP contribution in [0.2, 0.25) is 5.02 Å². The van der Waals surface area contributed by atoms with Crippen molar-refractivity contribution >= 4 is 34.9 Å². The summed E-state index contributed by atoms with van der Waals surface area (Å²) in [6, 6.07) is 7.11. The smallest absolute Gasteiger partial charge is 0.875 e. The summed E-state index contributed by atoms with van der Waals surface area (Å²) < 4.78 is 5.78. The second kappa shape index (κ2) is 13.6. The summed E-state index contributed by atoms with van der Waals surface area (Å²) in [6.45, 7) is 4.09. The van der Waals surface area contributed by atoms with Crippen molar-refractivity contribution in [2.45, 2.75) is 58.5 Å². The van der Waals surface area contributed by atoms with Gasteiger partial charge in [0.05, 0.1) is 5.71 Å². The van der Waals surface area contributed by atoms with Crippen LogP contribution in [0.5, 0.6) is 5.75 Å². The van der Waals surface area contributed by atoms with Crippen LogP contribution in [0.15, 0.2) is 40.8 Å². The van der Waals surface area contributed by atoms with Crippen molar-refractivity contribution < 1.29 is 38.3 Å². The first kappa shape index (κ1) is 27.2. The van der Waals surface area contributed by atoms with Gasteiger partial charge in [0.2, 0.25) is 0 Å². The molecule has 1 saturated heterocycles. The molecule has 1 heterocycles. The molecule has 0 saturated carbocycles. The fraction of sp³-hybridized carbons (Fsp3) is 0.583. The van der Waals surface area contributed by atoms with E-state index in [1.165, 1.54) is 12.2 Å². The third-order valence-corrected chi connectivity index (χ3v) is 7.22. The minimum atomic E-state index is -0.247. The number of carbonyl (C=O) groups excluding carboxylic acids is 1. The van der Waals surface area contributed by atoms with E-state index in [0.29, 0.717) is 41.7 Å². The van der Waals surface area contributed by atoms with Crippen LogP contribution in [0.4, 0.5) is 0 Å². The number of carbonyl (C=O) groups is 1. The molecular formula is C24H31ClLiNO4S. The zero-order chi connectivity index (χ0) is 22.2. The fourth-order valence-electron chi connectivity index (χ4n) is 4.15. The molecule has 32 heavy (non-hydrogen) atoms. The summed E-state index contributed by atoms with van der Waals surface area (Å²) in [6.07, 6.45) is 4.28. The Hall–Kier alpha value is -1.06. The predicted molar refractivity (Wildman–Crippen MR) is 125 cm³/mol. The SMILES string of the molecule is CCCC(=NOCC(C)Oc1ccc(Cl)cc1)C1=C([O-])CC(C2CCCSC2)CC1=O.[Li+]. The van der Waals surface area contributed by atoms with Crippen molar-refractivity contribution in [1.82, 2.24) is 0 Å². The summed E-state index contributed by atoms with van der Waals surface area (Å²) in [4.78, 5) is 18.4. The number of hydrogen-bond donors (Lipinski definition) is 0. The molecule has 8 heteroatoms. The standard InChI is InChI=1S/C24H32ClNO4S.Li/c1-3-5-21(26-29-14-16(2)30-20-9-7-19(25)8-10-20)24-22(27)12-18(13-23(24)28)17-6-4-11-31-15-17;/h7-10,16-18,27H,3-6,11-15H2,1-2H3;/q;+1/p-1. The Kier molecular flexibility index (Phi) is 11.6. The number of nitrogens with zero attached hydrogens (tertiary/aromatic N) is 1. The number of thioether (sulfide) groups is 1. The van der Waals surface area contributed by atoms with Crippen molar-refractivity contribution in [2.24, 2.45) is 17.0 Å². The van der Waals surface area contributed by atoms with Crippen LogP contribution < -0.4 is 28.7 Å². The van der Waals surface area contributed by atoms with Gasteiger partial charge in [-0.3, -0.25) is 4.79 Å². The topological polar surface area (TPSA) is 70.9 Å². The monoisotopic (exact) mass is 471 g/mol. The van der Waals surface area contributed by atoms with Gasteiger partial charge in [-0.2, -0.15) is 11.8 Å². The largest absolute Gasteiger partial charge is 1.00 e. The first-order valence-electron chi connectivity index (χ1n) is 11.1. The van der Waals surface area contributed by atoms with Gasteiger partial charge in [-0.15, -0.1) is 5.76 Å². The Morgan fingerprint density at radius 1 is 1.28 bits per heavy atom. The van der Waals surface area contributed by atoms with Gasteiger partial charge in [0.15, 0.2) is 12.4 Å². The van der Waals surface area contributed by atoms with Gasteiger partial charge in [0.1, 0.15) is 11.9 Å². The maximum absolute atomic E-state index is 12.9. The molecule has 170 valence electrons. The zero-order valence-corrected chi connectivity index (χ0v) is 20.8. The van der Waals surface area contributed by atoms with E-state index >= 15 is 0 Å². The normalized spacial score (nSPS) is 22.8. The van der Waals surface area contributed by atoms with Crippen LogP contribution in [0, 0.1) is 11.8 Å². The molecule has 3 unspecified atom stereocenters. The second-order valence-corrected chi connectivity index (χ2v) is 9.92. The third kappa shape index (κ3) is 7.76. The van der Waals surface area contributed by atoms with Crippen LogP contribution in [0.25, 0.3) is 0 Å². The van der Waals surface area contributed by atoms with Crippen LogP contribution in [-0.2, 0) is 9.63 Å². The summed E-state index contributed by atoms with van der Waals surface area (Å²) >= 11 is 7.83. The summed E-state index contributed by atoms with van der Waals surface area (Å²) in [5, 5.41) is 17.8. The van der Waals surface area contributed by atoms with Gasteiger partial charge in [0.25, 0.3) is 0 Å². The number of Topliss-reactive ketones (excluding diaryl/α,β-unsaturated/α-hetero) is 1. The van der Waals surface area contributed by atoms with Crippen molar-refractivity contribution in [1.29, 1.82) is 0 Å². The van der Waals surface area contributed by atoms with E-state index in [9.17, 15) is 9.90 Å². The molecule has 0 amide bonds. The number of allylic oxidation sites excluding steroid dienone is 2. The van der Waals surface area contributed by atoms with Crippen molar-refractivity contribution in [3.05, 3.63) is 40.6 Å². The van der Waals surface area contributed by atoms with E-state index in [0.717, 1.165) is 18.6 Å². The molecule has 5 nitrogen and oxygen atoms in total. The van der Waals surface area contributed by atoms with Crippen molar-refractivity contribution in [3.63, 3.8) is 0 Å². The average Bonchev–Trinajstić information content (AvgIpc) is 2.75. The van der Waals surface area contributed by atoms with Gasteiger partial charge >= 0.3 is 18.9 Å². The number of oxime groups is 1. The van der Waals surface area contributed by atoms with E-state index in [1.807, 2.05) is 25.6 Å². The van der Waals surface area contributed by atoms with Gasteiger partial charge in [-0.05, 0) is 80.2 Å². The number of hydrogen-bond acceptors (Lipinski definition) is 6. The van der Waals surface area contributed by atoms with E-state index in [-0.39, 0.29) is 54.6 Å². The molecular weight excluding hydrogens is 441 g/mol. The minimum Gasteiger partial charge on any atom is -0.875 e. The van der Waals surface area contributed by atoms with Crippen LogP contribution in [0.1, 0.15) is 52.4 Å². The fourth-order valence-corrected chi connectivity index (χ4v) is 5.56. The molecule has 0 spiro atoms. The minimum absolute atomic E-state index is 0. The Morgan fingerprint density at radius 3 is 2.66 bits per heavy atom. The molecule has 0 bridgehead atoms. The van der Waals surface area contributed by atoms with E-state index in [1.54, 1.807) is 24.3 Å². The molecule has 2 aliphatic rings. The molecule has 1 aromatic carbocycles. The molecule has 3 rings (SSSR count). The number of benzene rings is 1. The Morgan fingerprint density at radius 2 is 2.03 bits per heavy atom. The predicted octanol–water partition coefficient (Wildman–Crippen LogP) is 2.02. The Balaban J connectivity index is 0.00000363. The zero-order valence-electron chi connectivity index (χ0n) is 19.3. The molecule has 0 N–H and O–H groups in total. The van der Waals surface area contributed by atoms with Crippen molar-refractivity contribution in [2.75, 3.05) is 18.1 Å².